The fraction of sp³-hybridized carbons (Fsp3) is 0.0909. The van der Waals surface area contributed by atoms with E-state index in [0.717, 1.165) is 11.4 Å². The van der Waals surface area contributed by atoms with Gasteiger partial charge in [0.15, 0.2) is 0 Å². The van der Waals surface area contributed by atoms with Gasteiger partial charge in [-0.05, 0) is 60.8 Å². The molecular weight excluding hydrogens is 388 g/mol. The van der Waals surface area contributed by atoms with E-state index in [1.807, 2.05) is 84.9 Å². The van der Waals surface area contributed by atoms with Crippen molar-refractivity contribution in [2.24, 2.45) is 0 Å². The fourth-order valence-corrected chi connectivity index (χ4v) is 3.13. The van der Waals surface area contributed by atoms with Gasteiger partial charge in [-0.1, -0.05) is 36.4 Å². The van der Waals surface area contributed by atoms with Crippen LogP contribution in [-0.2, 0) is 0 Å². The third kappa shape index (κ3) is 5.13. The summed E-state index contributed by atoms with van der Waals surface area (Å²) in [5, 5.41) is 0.383. The average Bonchev–Trinajstić information content (AvgIpc) is 2.70. The van der Waals surface area contributed by atoms with Crippen LogP contribution >= 0.6 is 24.4 Å². The molecule has 0 aromatic heterocycles. The Hall–Kier alpha value is -2.80. The first-order chi connectivity index (χ1) is 13.5. The molecule has 0 saturated carbocycles. The summed E-state index contributed by atoms with van der Waals surface area (Å²) in [5.74, 6) is 1.27. The standard InChI is InChI=1S/C22H20N2O2S2/c1-23(2)17-13-15-18(16-14-17)24(21(27)25-19-9-5-3-6-10-19)22(28)26-20-11-7-4-8-12-20/h3-16H,1-2H3/p+1. The van der Waals surface area contributed by atoms with E-state index in [2.05, 4.69) is 14.1 Å². The van der Waals surface area contributed by atoms with Gasteiger partial charge < -0.3 is 14.4 Å². The summed E-state index contributed by atoms with van der Waals surface area (Å²) >= 11 is 11.1. The Morgan fingerprint density at radius 3 is 1.50 bits per heavy atom. The van der Waals surface area contributed by atoms with Crippen LogP contribution in [0.2, 0.25) is 0 Å². The molecule has 28 heavy (non-hydrogen) atoms. The lowest BCUT2D eigenvalue weighted by molar-refractivity contribution is -0.786. The van der Waals surface area contributed by atoms with Crippen LogP contribution in [0, 0.1) is 0 Å². The second-order valence-corrected chi connectivity index (χ2v) is 6.94. The molecule has 0 unspecified atom stereocenters. The van der Waals surface area contributed by atoms with E-state index in [-0.39, 0.29) is 10.3 Å². The van der Waals surface area contributed by atoms with Crippen LogP contribution < -0.4 is 19.3 Å². The molecule has 3 aromatic rings. The van der Waals surface area contributed by atoms with Crippen molar-refractivity contribution in [2.75, 3.05) is 19.0 Å². The molecule has 3 aromatic carbocycles. The molecule has 0 atom stereocenters. The summed E-state index contributed by atoms with van der Waals surface area (Å²) in [4.78, 5) is 2.84. The summed E-state index contributed by atoms with van der Waals surface area (Å²) in [6.45, 7) is 0. The number of ether oxygens (including phenoxy) is 2. The van der Waals surface area contributed by atoms with Gasteiger partial charge in [-0.2, -0.15) is 0 Å². The first kappa shape index (κ1) is 19.9. The molecule has 1 N–H and O–H groups in total. The number of hydrogen-bond donors (Lipinski definition) is 1. The second kappa shape index (κ2) is 9.41. The van der Waals surface area contributed by atoms with E-state index in [1.165, 1.54) is 4.90 Å². The summed E-state index contributed by atoms with van der Waals surface area (Å²) < 4.78 is 11.7. The van der Waals surface area contributed by atoms with Crippen LogP contribution in [-0.4, -0.2) is 24.4 Å². The van der Waals surface area contributed by atoms with Gasteiger partial charge in [-0.25, -0.2) is 4.90 Å². The third-order valence-corrected chi connectivity index (χ3v) is 4.50. The smallest absolute Gasteiger partial charge is 0.277 e. The van der Waals surface area contributed by atoms with Crippen molar-refractivity contribution in [3.8, 4) is 11.5 Å². The van der Waals surface area contributed by atoms with E-state index >= 15 is 0 Å². The summed E-state index contributed by atoms with van der Waals surface area (Å²) in [5.41, 5.74) is 1.92. The molecule has 3 rings (SSSR count). The number of rotatable bonds is 4. The number of hydrogen-bond acceptors (Lipinski definition) is 4. The van der Waals surface area contributed by atoms with Crippen LogP contribution in [0.25, 0.3) is 0 Å². The molecule has 0 bridgehead atoms. The SMILES string of the molecule is C[NH+](C)c1ccc(N(C(=S)Oc2ccccc2)C(=S)Oc2ccccc2)cc1. The highest BCUT2D eigenvalue weighted by molar-refractivity contribution is 7.82. The molecule has 0 aliphatic rings. The van der Waals surface area contributed by atoms with Gasteiger partial charge in [0.2, 0.25) is 0 Å². The average molecular weight is 410 g/mol. The van der Waals surface area contributed by atoms with Gasteiger partial charge in [0.05, 0.1) is 19.8 Å². The number of anilines is 1. The molecule has 0 amide bonds. The Morgan fingerprint density at radius 1 is 0.679 bits per heavy atom. The van der Waals surface area contributed by atoms with Crippen LogP contribution in [0.5, 0.6) is 11.5 Å². The van der Waals surface area contributed by atoms with Crippen LogP contribution in [0.15, 0.2) is 84.9 Å². The molecule has 0 spiro atoms. The number of quaternary nitrogens is 1. The molecule has 0 aliphatic heterocycles. The van der Waals surface area contributed by atoms with Crippen molar-refractivity contribution >= 4 is 46.2 Å². The Kier molecular flexibility index (Phi) is 6.71. The van der Waals surface area contributed by atoms with E-state index in [9.17, 15) is 0 Å². The molecule has 0 heterocycles. The lowest BCUT2D eigenvalue weighted by atomic mass is 10.2. The maximum absolute atomic E-state index is 5.85. The maximum Gasteiger partial charge on any atom is 0.277 e. The minimum atomic E-state index is 0.192. The Balaban J connectivity index is 1.88. The predicted octanol–water partition coefficient (Wildman–Crippen LogP) is 4.00. The number of thiocarbonyl (C=S) groups is 2. The summed E-state index contributed by atoms with van der Waals surface area (Å²) in [7, 11) is 4.14. The van der Waals surface area contributed by atoms with Crippen molar-refractivity contribution in [3.63, 3.8) is 0 Å². The highest BCUT2D eigenvalue weighted by Gasteiger charge is 2.22. The Bertz CT molecular complexity index is 876. The van der Waals surface area contributed by atoms with Crippen molar-refractivity contribution < 1.29 is 14.4 Å². The third-order valence-electron chi connectivity index (χ3n) is 3.96. The number of benzene rings is 3. The fourth-order valence-electron chi connectivity index (χ4n) is 2.50. The van der Waals surface area contributed by atoms with Gasteiger partial charge in [0, 0.05) is 12.1 Å². The van der Waals surface area contributed by atoms with Gasteiger partial charge in [0.1, 0.15) is 17.2 Å². The minimum absolute atomic E-state index is 0.192. The van der Waals surface area contributed by atoms with E-state index < -0.39 is 0 Å². The van der Waals surface area contributed by atoms with Gasteiger partial charge >= 0.3 is 0 Å². The number of nitrogens with one attached hydrogen (secondary N) is 1. The quantitative estimate of drug-likeness (QED) is 0.657. The van der Waals surface area contributed by atoms with Crippen molar-refractivity contribution in [3.05, 3.63) is 84.9 Å². The van der Waals surface area contributed by atoms with Crippen LogP contribution in [0.3, 0.4) is 0 Å². The molecule has 0 radical (unpaired) electrons. The second-order valence-electron chi connectivity index (χ2n) is 6.24. The largest absolute Gasteiger partial charge is 0.431 e. The first-order valence-electron chi connectivity index (χ1n) is 8.79. The monoisotopic (exact) mass is 409 g/mol. The lowest BCUT2D eigenvalue weighted by Gasteiger charge is -2.25. The molecule has 0 fully saturated rings. The van der Waals surface area contributed by atoms with E-state index in [1.54, 1.807) is 4.90 Å². The highest BCUT2D eigenvalue weighted by atomic mass is 32.1. The van der Waals surface area contributed by atoms with Crippen molar-refractivity contribution in [1.82, 2.24) is 0 Å². The molecule has 0 aliphatic carbocycles. The summed E-state index contributed by atoms with van der Waals surface area (Å²) in [6, 6.07) is 26.7. The van der Waals surface area contributed by atoms with Crippen molar-refractivity contribution in [1.29, 1.82) is 0 Å². The first-order valence-corrected chi connectivity index (χ1v) is 9.60. The Morgan fingerprint density at radius 2 is 1.11 bits per heavy atom. The van der Waals surface area contributed by atoms with E-state index in [0.29, 0.717) is 11.5 Å². The number of nitrogens with zero attached hydrogens (tertiary/aromatic N) is 1. The van der Waals surface area contributed by atoms with Crippen molar-refractivity contribution in [2.45, 2.75) is 0 Å². The predicted molar refractivity (Wildman–Crippen MR) is 121 cm³/mol. The zero-order valence-corrected chi connectivity index (χ0v) is 17.3. The molecule has 0 saturated heterocycles. The van der Waals surface area contributed by atoms with Gasteiger partial charge in [-0.15, -0.1) is 0 Å². The summed E-state index contributed by atoms with van der Waals surface area (Å²) in [6.07, 6.45) is 0. The van der Waals surface area contributed by atoms with E-state index in [4.69, 9.17) is 33.9 Å². The van der Waals surface area contributed by atoms with Crippen LogP contribution in [0.1, 0.15) is 0 Å². The van der Waals surface area contributed by atoms with Crippen LogP contribution in [0.4, 0.5) is 11.4 Å². The molecule has 4 nitrogen and oxygen atoms in total. The Labute approximate surface area is 175 Å². The highest BCUT2D eigenvalue weighted by Crippen LogP contribution is 2.21. The van der Waals surface area contributed by atoms with Gasteiger partial charge in [-0.3, -0.25) is 0 Å². The zero-order chi connectivity index (χ0) is 19.9. The molecule has 6 heteroatoms. The lowest BCUT2D eigenvalue weighted by Crippen LogP contribution is -3.00. The normalized spacial score (nSPS) is 10.4. The van der Waals surface area contributed by atoms with Gasteiger partial charge in [0.25, 0.3) is 10.3 Å². The molecule has 142 valence electrons. The molecular formula is C22H21N2O2S2+. The maximum atomic E-state index is 5.85. The zero-order valence-electron chi connectivity index (χ0n) is 15.7. The minimum Gasteiger partial charge on any atom is -0.431 e. The topological polar surface area (TPSA) is 26.1 Å². The number of para-hydroxylation sites is 2.